The molecule has 2 aliphatic rings. The highest BCUT2D eigenvalue weighted by molar-refractivity contribution is 5.68. The minimum absolute atomic E-state index is 0.124. The van der Waals surface area contributed by atoms with Gasteiger partial charge in [-0.1, -0.05) is 31.9 Å². The van der Waals surface area contributed by atoms with Gasteiger partial charge in [0.25, 0.3) is 0 Å². The fourth-order valence-electron chi connectivity index (χ4n) is 5.94. The van der Waals surface area contributed by atoms with E-state index >= 15 is 0 Å². The van der Waals surface area contributed by atoms with Gasteiger partial charge in [0.15, 0.2) is 6.61 Å². The van der Waals surface area contributed by atoms with Crippen LogP contribution in [0, 0.1) is 17.8 Å². The van der Waals surface area contributed by atoms with Crippen LogP contribution in [0.25, 0.3) is 0 Å². The number of methoxy groups -OCH3 is 1. The predicted octanol–water partition coefficient (Wildman–Crippen LogP) is 4.41. The fraction of sp³-hybridized carbons (Fsp3) is 0.724. The zero-order valence-electron chi connectivity index (χ0n) is 22.8. The first-order valence-electron chi connectivity index (χ1n) is 14.0. The minimum Gasteiger partial charge on any atom is -0.482 e. The molecule has 1 saturated carbocycles. The van der Waals surface area contributed by atoms with Crippen molar-refractivity contribution in [3.05, 3.63) is 29.3 Å². The molecule has 0 spiro atoms. The number of carbonyl (C=O) groups is 2. The molecule has 1 fully saturated rings. The Morgan fingerprint density at radius 3 is 2.66 bits per heavy atom. The molecule has 0 heterocycles. The van der Waals surface area contributed by atoms with Gasteiger partial charge in [-0.25, -0.2) is 9.59 Å². The standard InChI is InChI=1S/C29H44O9/c1-3-4-5-8-22(38-29(33)36-15-14-35-13-12-34-2)10-11-23-24-16-20-7-6-9-27(37-19-28(31)32)25(20)17-21(24)18-26(23)30/h6-7,9,21-24,26,30H,3-5,8,10-19H2,1-2H3,(H,31,32)/t21-,22-,23+,24-,26+/m0/s1. The largest absolute Gasteiger partial charge is 0.508 e. The summed E-state index contributed by atoms with van der Waals surface area (Å²) >= 11 is 0. The summed E-state index contributed by atoms with van der Waals surface area (Å²) < 4.78 is 26.7. The second-order valence-electron chi connectivity index (χ2n) is 10.4. The molecule has 2 N–H and O–H groups in total. The third-order valence-electron chi connectivity index (χ3n) is 7.79. The fourth-order valence-corrected chi connectivity index (χ4v) is 5.94. The van der Waals surface area contributed by atoms with Crippen molar-refractivity contribution in [3.63, 3.8) is 0 Å². The number of benzene rings is 1. The Balaban J connectivity index is 1.55. The van der Waals surface area contributed by atoms with Crippen molar-refractivity contribution in [1.82, 2.24) is 0 Å². The molecule has 9 heteroatoms. The third-order valence-corrected chi connectivity index (χ3v) is 7.79. The molecular weight excluding hydrogens is 492 g/mol. The van der Waals surface area contributed by atoms with E-state index in [4.69, 9.17) is 28.8 Å². The van der Waals surface area contributed by atoms with Gasteiger partial charge >= 0.3 is 12.1 Å². The molecule has 0 aliphatic heterocycles. The molecule has 0 saturated heterocycles. The molecular formula is C29H44O9. The molecule has 1 aromatic carbocycles. The van der Waals surface area contributed by atoms with Gasteiger partial charge in [0.2, 0.25) is 0 Å². The molecule has 0 unspecified atom stereocenters. The monoisotopic (exact) mass is 536 g/mol. The van der Waals surface area contributed by atoms with Crippen molar-refractivity contribution in [2.24, 2.45) is 17.8 Å². The first-order chi connectivity index (χ1) is 18.4. The van der Waals surface area contributed by atoms with Crippen molar-refractivity contribution in [2.75, 3.05) is 40.1 Å². The summed E-state index contributed by atoms with van der Waals surface area (Å²) in [4.78, 5) is 23.3. The number of aliphatic carboxylic acids is 1. The van der Waals surface area contributed by atoms with Gasteiger partial charge in [-0.2, -0.15) is 0 Å². The highest BCUT2D eigenvalue weighted by Crippen LogP contribution is 2.48. The molecule has 0 aromatic heterocycles. The smallest absolute Gasteiger partial charge is 0.482 e. The zero-order valence-corrected chi connectivity index (χ0v) is 22.8. The lowest BCUT2D eigenvalue weighted by Crippen LogP contribution is -2.29. The van der Waals surface area contributed by atoms with Crippen LogP contribution in [0.3, 0.4) is 0 Å². The number of hydrogen-bond acceptors (Lipinski definition) is 8. The highest BCUT2D eigenvalue weighted by Gasteiger charge is 2.45. The zero-order chi connectivity index (χ0) is 27.3. The van der Waals surface area contributed by atoms with E-state index in [1.165, 1.54) is 5.56 Å². The topological polar surface area (TPSA) is 121 Å². The maximum atomic E-state index is 12.3. The molecule has 9 nitrogen and oxygen atoms in total. The molecule has 214 valence electrons. The lowest BCUT2D eigenvalue weighted by Gasteiger charge is -2.32. The number of aliphatic hydroxyl groups excluding tert-OH is 1. The molecule has 38 heavy (non-hydrogen) atoms. The molecule has 0 amide bonds. The van der Waals surface area contributed by atoms with Crippen LogP contribution in [-0.4, -0.2) is 74.7 Å². The van der Waals surface area contributed by atoms with E-state index in [1.807, 2.05) is 12.1 Å². The summed E-state index contributed by atoms with van der Waals surface area (Å²) in [6.45, 7) is 3.14. The molecule has 1 aromatic rings. The summed E-state index contributed by atoms with van der Waals surface area (Å²) in [5.74, 6) is 0.412. The van der Waals surface area contributed by atoms with E-state index < -0.39 is 18.2 Å². The van der Waals surface area contributed by atoms with Crippen molar-refractivity contribution < 1.29 is 43.5 Å². The maximum absolute atomic E-state index is 12.3. The predicted molar refractivity (Wildman–Crippen MR) is 140 cm³/mol. The summed E-state index contributed by atoms with van der Waals surface area (Å²) in [6.07, 6.45) is 6.35. The van der Waals surface area contributed by atoms with Crippen LogP contribution in [0.1, 0.15) is 63.0 Å². The number of unbranched alkanes of at least 4 members (excludes halogenated alkanes) is 2. The number of hydrogen-bond donors (Lipinski definition) is 2. The van der Waals surface area contributed by atoms with Crippen molar-refractivity contribution in [3.8, 4) is 5.75 Å². The average molecular weight is 537 g/mol. The third kappa shape index (κ3) is 9.13. The maximum Gasteiger partial charge on any atom is 0.508 e. The van der Waals surface area contributed by atoms with Gasteiger partial charge < -0.3 is 33.9 Å². The van der Waals surface area contributed by atoms with Crippen LogP contribution >= 0.6 is 0 Å². The van der Waals surface area contributed by atoms with Crippen LogP contribution in [0.4, 0.5) is 4.79 Å². The van der Waals surface area contributed by atoms with Crippen LogP contribution in [-0.2, 0) is 36.6 Å². The summed E-state index contributed by atoms with van der Waals surface area (Å²) in [7, 11) is 1.60. The molecule has 5 atom stereocenters. The number of rotatable bonds is 17. The number of carboxylic acids is 1. The van der Waals surface area contributed by atoms with Crippen LogP contribution < -0.4 is 4.74 Å². The van der Waals surface area contributed by atoms with Crippen molar-refractivity contribution >= 4 is 12.1 Å². The van der Waals surface area contributed by atoms with Gasteiger partial charge in [0, 0.05) is 7.11 Å². The lowest BCUT2D eigenvalue weighted by atomic mass is 9.73. The Morgan fingerprint density at radius 1 is 1.08 bits per heavy atom. The molecule has 3 rings (SSSR count). The van der Waals surface area contributed by atoms with Gasteiger partial charge in [-0.3, -0.25) is 0 Å². The number of carboxylic acid groups (broad SMARTS) is 1. The van der Waals surface area contributed by atoms with E-state index in [0.29, 0.717) is 50.2 Å². The van der Waals surface area contributed by atoms with Crippen molar-refractivity contribution in [2.45, 2.75) is 76.9 Å². The number of ether oxygens (including phenoxy) is 5. The van der Waals surface area contributed by atoms with E-state index in [-0.39, 0.29) is 25.2 Å². The Bertz CT molecular complexity index is 874. The number of fused-ring (bicyclic) bond motifs is 2. The first-order valence-corrected chi connectivity index (χ1v) is 14.0. The minimum atomic E-state index is -0.998. The Labute approximate surface area is 225 Å². The Hall–Kier alpha value is -2.36. The Kier molecular flexibility index (Phi) is 12.6. The van der Waals surface area contributed by atoms with Gasteiger partial charge in [0.1, 0.15) is 18.5 Å². The van der Waals surface area contributed by atoms with Crippen LogP contribution in [0.15, 0.2) is 18.2 Å². The average Bonchev–Trinajstić information content (AvgIpc) is 3.20. The summed E-state index contributed by atoms with van der Waals surface area (Å²) in [5, 5.41) is 20.0. The van der Waals surface area contributed by atoms with Gasteiger partial charge in [-0.15, -0.1) is 0 Å². The van der Waals surface area contributed by atoms with Crippen LogP contribution in [0.2, 0.25) is 0 Å². The number of carbonyl (C=O) groups excluding carboxylic acids is 1. The lowest BCUT2D eigenvalue weighted by molar-refractivity contribution is -0.139. The number of aliphatic hydroxyl groups is 1. The van der Waals surface area contributed by atoms with Gasteiger partial charge in [0.05, 0.1) is 25.9 Å². The summed E-state index contributed by atoms with van der Waals surface area (Å²) in [6, 6.07) is 5.81. The van der Waals surface area contributed by atoms with E-state index in [9.17, 15) is 14.7 Å². The van der Waals surface area contributed by atoms with Gasteiger partial charge in [-0.05, 0) is 79.9 Å². The molecule has 2 aliphatic carbocycles. The highest BCUT2D eigenvalue weighted by atomic mass is 16.7. The first kappa shape index (κ1) is 30.2. The molecule has 0 radical (unpaired) electrons. The summed E-state index contributed by atoms with van der Waals surface area (Å²) in [5.41, 5.74) is 2.23. The van der Waals surface area contributed by atoms with E-state index in [0.717, 1.165) is 50.5 Å². The molecule has 0 bridgehead atoms. The second-order valence-corrected chi connectivity index (χ2v) is 10.4. The van der Waals surface area contributed by atoms with Crippen molar-refractivity contribution in [1.29, 1.82) is 0 Å². The van der Waals surface area contributed by atoms with E-state index in [1.54, 1.807) is 7.11 Å². The van der Waals surface area contributed by atoms with Crippen LogP contribution in [0.5, 0.6) is 5.75 Å². The Morgan fingerprint density at radius 2 is 1.89 bits per heavy atom. The normalized spacial score (nSPS) is 22.8. The van der Waals surface area contributed by atoms with E-state index in [2.05, 4.69) is 13.0 Å². The second kappa shape index (κ2) is 15.9. The quantitative estimate of drug-likeness (QED) is 0.220. The SMILES string of the molecule is CCCCC[C@@H](CC[C@@H]1[C@H]2Cc3cccc(OCC(=O)O)c3C[C@H]2C[C@H]1O)OC(=O)OCCOCCOC.